The highest BCUT2D eigenvalue weighted by Crippen LogP contribution is 2.20. The summed E-state index contributed by atoms with van der Waals surface area (Å²) in [5.41, 5.74) is 0.698. The minimum absolute atomic E-state index is 0.0421. The average molecular weight is 382 g/mol. The Kier molecular flexibility index (Phi) is 4.33. The van der Waals surface area contributed by atoms with Crippen LogP contribution in [0.5, 0.6) is 0 Å². The minimum atomic E-state index is -3.82. The Bertz CT molecular complexity index is 1220. The Balaban J connectivity index is 1.55. The van der Waals surface area contributed by atoms with E-state index in [4.69, 9.17) is 0 Å². The first-order chi connectivity index (χ1) is 13.0. The summed E-state index contributed by atoms with van der Waals surface area (Å²) < 4.78 is 42.3. The summed E-state index contributed by atoms with van der Waals surface area (Å²) in [5.74, 6) is -0.385. The number of halogens is 1. The molecule has 1 heterocycles. The molecule has 1 aromatic heterocycles. The Morgan fingerprint density at radius 2 is 1.78 bits per heavy atom. The molecule has 27 heavy (non-hydrogen) atoms. The van der Waals surface area contributed by atoms with E-state index >= 15 is 0 Å². The second-order valence-electron chi connectivity index (χ2n) is 6.01. The number of hydrogen-bond donors (Lipinski definition) is 1. The number of sulfonamides is 1. The van der Waals surface area contributed by atoms with Gasteiger partial charge in [-0.3, -0.25) is 0 Å². The van der Waals surface area contributed by atoms with E-state index in [1.807, 2.05) is 24.3 Å². The third kappa shape index (κ3) is 3.80. The number of anilines is 1. The Labute approximate surface area is 155 Å². The van der Waals surface area contributed by atoms with Gasteiger partial charge in [-0.2, -0.15) is 4.98 Å². The second-order valence-corrected chi connectivity index (χ2v) is 7.69. The van der Waals surface area contributed by atoms with Crippen LogP contribution < -0.4 is 4.72 Å². The molecule has 1 N–H and O–H groups in total. The van der Waals surface area contributed by atoms with Crippen molar-refractivity contribution in [3.63, 3.8) is 0 Å². The van der Waals surface area contributed by atoms with E-state index in [-0.39, 0.29) is 23.2 Å². The summed E-state index contributed by atoms with van der Waals surface area (Å²) in [5, 5.41) is 5.88. The van der Waals surface area contributed by atoms with Crippen LogP contribution in [0.2, 0.25) is 0 Å². The smallest absolute Gasteiger partial charge is 0.246 e. The van der Waals surface area contributed by atoms with E-state index in [2.05, 4.69) is 14.8 Å². The van der Waals surface area contributed by atoms with Crippen molar-refractivity contribution in [3.8, 4) is 0 Å². The maximum Gasteiger partial charge on any atom is 0.264 e. The zero-order valence-corrected chi connectivity index (χ0v) is 14.9. The summed E-state index contributed by atoms with van der Waals surface area (Å²) in [4.78, 5) is 4.10. The number of nitrogens with zero attached hydrogens (tertiary/aromatic N) is 3. The van der Waals surface area contributed by atoms with Gasteiger partial charge in [-0.25, -0.2) is 22.2 Å². The van der Waals surface area contributed by atoms with Gasteiger partial charge in [-0.15, -0.1) is 5.10 Å². The van der Waals surface area contributed by atoms with Gasteiger partial charge in [0.1, 0.15) is 12.1 Å². The van der Waals surface area contributed by atoms with Gasteiger partial charge < -0.3 is 0 Å². The lowest BCUT2D eigenvalue weighted by molar-refractivity contribution is 0.600. The van der Waals surface area contributed by atoms with Gasteiger partial charge in [0.05, 0.1) is 11.4 Å². The van der Waals surface area contributed by atoms with Crippen LogP contribution in [0.1, 0.15) is 5.56 Å². The summed E-state index contributed by atoms with van der Waals surface area (Å²) in [6.07, 6.45) is 1.39. The van der Waals surface area contributed by atoms with Gasteiger partial charge in [0, 0.05) is 0 Å². The molecule has 0 fully saturated rings. The van der Waals surface area contributed by atoms with E-state index in [0.717, 1.165) is 10.8 Å². The molecule has 0 radical (unpaired) electrons. The predicted octanol–water partition coefficient (Wildman–Crippen LogP) is 3.42. The highest BCUT2D eigenvalue weighted by Gasteiger charge is 2.17. The molecule has 0 saturated carbocycles. The zero-order chi connectivity index (χ0) is 18.9. The Hall–Kier alpha value is -3.26. The minimum Gasteiger partial charge on any atom is -0.246 e. The maximum absolute atomic E-state index is 13.3. The fraction of sp³-hybridized carbons (Fsp3) is 0.0526. The van der Waals surface area contributed by atoms with Crippen molar-refractivity contribution in [2.75, 3.05) is 4.72 Å². The van der Waals surface area contributed by atoms with Crippen molar-refractivity contribution < 1.29 is 12.8 Å². The van der Waals surface area contributed by atoms with Gasteiger partial charge in [-0.1, -0.05) is 42.5 Å². The number of hydrogen-bond acceptors (Lipinski definition) is 4. The Morgan fingerprint density at radius 1 is 0.963 bits per heavy atom. The van der Waals surface area contributed by atoms with E-state index in [0.29, 0.717) is 5.56 Å². The van der Waals surface area contributed by atoms with Crippen molar-refractivity contribution >= 4 is 26.7 Å². The lowest BCUT2D eigenvalue weighted by Gasteiger charge is -2.06. The first kappa shape index (κ1) is 17.2. The molecule has 0 aliphatic rings. The second kappa shape index (κ2) is 6.81. The van der Waals surface area contributed by atoms with E-state index in [1.54, 1.807) is 24.3 Å². The third-order valence-corrected chi connectivity index (χ3v) is 5.35. The normalized spacial score (nSPS) is 11.6. The summed E-state index contributed by atoms with van der Waals surface area (Å²) in [6, 6.07) is 18.5. The highest BCUT2D eigenvalue weighted by atomic mass is 32.2. The van der Waals surface area contributed by atoms with Crippen molar-refractivity contribution in [3.05, 3.63) is 84.4 Å². The van der Waals surface area contributed by atoms with Crippen LogP contribution in [-0.2, 0) is 16.6 Å². The number of rotatable bonds is 5. The highest BCUT2D eigenvalue weighted by molar-refractivity contribution is 7.92. The molecular weight excluding hydrogens is 367 g/mol. The maximum atomic E-state index is 13.3. The molecule has 0 amide bonds. The number of nitrogens with one attached hydrogen (secondary N) is 1. The fourth-order valence-electron chi connectivity index (χ4n) is 2.75. The molecule has 3 aromatic carbocycles. The lowest BCUT2D eigenvalue weighted by Crippen LogP contribution is -2.14. The predicted molar refractivity (Wildman–Crippen MR) is 100 cm³/mol. The fourth-order valence-corrected chi connectivity index (χ4v) is 3.73. The molecule has 0 aliphatic carbocycles. The van der Waals surface area contributed by atoms with Crippen LogP contribution in [0.15, 0.2) is 78.0 Å². The number of aromatic nitrogens is 3. The zero-order valence-electron chi connectivity index (χ0n) is 14.1. The lowest BCUT2D eigenvalue weighted by atomic mass is 10.1. The monoisotopic (exact) mass is 382 g/mol. The Morgan fingerprint density at radius 3 is 2.59 bits per heavy atom. The molecule has 0 bridgehead atoms. The van der Waals surface area contributed by atoms with Crippen LogP contribution in [0, 0.1) is 5.82 Å². The summed E-state index contributed by atoms with van der Waals surface area (Å²) in [6.45, 7) is 0.280. The van der Waals surface area contributed by atoms with Gasteiger partial charge >= 0.3 is 0 Å². The van der Waals surface area contributed by atoms with E-state index < -0.39 is 10.0 Å². The van der Waals surface area contributed by atoms with Crippen LogP contribution >= 0.6 is 0 Å². The van der Waals surface area contributed by atoms with E-state index in [1.165, 1.54) is 29.2 Å². The van der Waals surface area contributed by atoms with Gasteiger partial charge in [0.2, 0.25) is 0 Å². The van der Waals surface area contributed by atoms with Crippen molar-refractivity contribution in [2.45, 2.75) is 11.4 Å². The molecule has 4 rings (SSSR count). The topological polar surface area (TPSA) is 76.9 Å². The molecule has 0 saturated heterocycles. The number of benzene rings is 3. The third-order valence-electron chi connectivity index (χ3n) is 4.03. The standard InChI is InChI=1S/C19H15FN4O2S/c20-17-7-3-4-14(10-17)12-24-13-21-19(22-24)23-27(25,26)18-9-8-15-5-1-2-6-16(15)11-18/h1-11,13H,12H2,(H,22,23). The molecule has 0 aliphatic heterocycles. The van der Waals surface area contributed by atoms with E-state index in [9.17, 15) is 12.8 Å². The largest absolute Gasteiger partial charge is 0.264 e. The first-order valence-corrected chi connectivity index (χ1v) is 9.63. The SMILES string of the molecule is O=S(=O)(Nc1ncn(Cc2cccc(F)c2)n1)c1ccc2ccccc2c1. The average Bonchev–Trinajstić information content (AvgIpc) is 3.07. The molecule has 0 atom stereocenters. The quantitative estimate of drug-likeness (QED) is 0.574. The number of fused-ring (bicyclic) bond motifs is 1. The summed E-state index contributed by atoms with van der Waals surface area (Å²) >= 11 is 0. The molecule has 4 aromatic rings. The molecule has 0 spiro atoms. The molecule has 6 nitrogen and oxygen atoms in total. The summed E-state index contributed by atoms with van der Waals surface area (Å²) in [7, 11) is -3.82. The van der Waals surface area contributed by atoms with Gasteiger partial charge in [0.25, 0.3) is 16.0 Å². The van der Waals surface area contributed by atoms with Crippen molar-refractivity contribution in [1.82, 2.24) is 14.8 Å². The molecule has 8 heteroatoms. The van der Waals surface area contributed by atoms with Crippen LogP contribution in [0.25, 0.3) is 10.8 Å². The molecule has 0 unspecified atom stereocenters. The molecular formula is C19H15FN4O2S. The van der Waals surface area contributed by atoms with Gasteiger partial charge in [-0.05, 0) is 40.6 Å². The van der Waals surface area contributed by atoms with Gasteiger partial charge in [0.15, 0.2) is 0 Å². The van der Waals surface area contributed by atoms with Crippen LogP contribution in [0.3, 0.4) is 0 Å². The molecule has 136 valence electrons. The van der Waals surface area contributed by atoms with Crippen LogP contribution in [0.4, 0.5) is 10.3 Å². The van der Waals surface area contributed by atoms with Crippen molar-refractivity contribution in [1.29, 1.82) is 0 Å². The van der Waals surface area contributed by atoms with Crippen molar-refractivity contribution in [2.24, 2.45) is 0 Å². The first-order valence-electron chi connectivity index (χ1n) is 8.15. The van der Waals surface area contributed by atoms with Crippen LogP contribution in [-0.4, -0.2) is 23.2 Å².